The van der Waals surface area contributed by atoms with Crippen molar-refractivity contribution in [1.29, 1.82) is 0 Å². The fourth-order valence-electron chi connectivity index (χ4n) is 0.942. The van der Waals surface area contributed by atoms with Crippen molar-refractivity contribution >= 4 is 17.3 Å². The minimum Gasteiger partial charge on any atom is -0.480 e. The Labute approximate surface area is 79.6 Å². The van der Waals surface area contributed by atoms with Crippen LogP contribution in [0, 0.1) is 0 Å². The fourth-order valence-corrected chi connectivity index (χ4v) is 1.65. The van der Waals surface area contributed by atoms with Gasteiger partial charge in [0.1, 0.15) is 6.04 Å². The molecule has 0 saturated carbocycles. The average Bonchev–Trinajstić information content (AvgIpc) is 2.55. The molecule has 0 amide bonds. The molecule has 1 aromatic rings. The highest BCUT2D eigenvalue weighted by Crippen LogP contribution is 2.20. The van der Waals surface area contributed by atoms with Crippen LogP contribution >= 0.6 is 11.3 Å². The van der Waals surface area contributed by atoms with E-state index in [1.807, 2.05) is 5.38 Å². The lowest BCUT2D eigenvalue weighted by atomic mass is 10.1. The maximum Gasteiger partial charge on any atom is 0.320 e. The molecule has 0 radical (unpaired) electrons. The first-order chi connectivity index (χ1) is 6.11. The van der Waals surface area contributed by atoms with Crippen molar-refractivity contribution in [2.75, 3.05) is 0 Å². The third-order valence-electron chi connectivity index (χ3n) is 1.72. The van der Waals surface area contributed by atoms with Gasteiger partial charge in [0.25, 0.3) is 0 Å². The van der Waals surface area contributed by atoms with Crippen LogP contribution in [0.25, 0.3) is 0 Å². The molecule has 1 aromatic heterocycles. The third kappa shape index (κ3) is 2.80. The molecular weight excluding hydrogens is 190 g/mol. The normalized spacial score (nSPS) is 15.2. The Morgan fingerprint density at radius 2 is 2.38 bits per heavy atom. The van der Waals surface area contributed by atoms with E-state index in [1.165, 1.54) is 11.3 Å². The second-order valence-electron chi connectivity index (χ2n) is 2.75. The predicted octanol–water partition coefficient (Wildman–Crippen LogP) is 0.584. The summed E-state index contributed by atoms with van der Waals surface area (Å²) in [5, 5.41) is 21.6. The van der Waals surface area contributed by atoms with Crippen LogP contribution in [-0.4, -0.2) is 22.2 Å². The van der Waals surface area contributed by atoms with E-state index in [2.05, 4.69) is 0 Å². The molecule has 72 valence electrons. The molecule has 4 nitrogen and oxygen atoms in total. The molecule has 0 bridgehead atoms. The van der Waals surface area contributed by atoms with Gasteiger partial charge < -0.3 is 15.9 Å². The summed E-state index contributed by atoms with van der Waals surface area (Å²) >= 11 is 1.46. The van der Waals surface area contributed by atoms with Crippen LogP contribution < -0.4 is 5.73 Å². The zero-order chi connectivity index (χ0) is 9.84. The Hall–Kier alpha value is -0.910. The number of carboxylic acids is 1. The van der Waals surface area contributed by atoms with Crippen LogP contribution in [0.2, 0.25) is 0 Å². The Kier molecular flexibility index (Phi) is 3.41. The number of carbonyl (C=O) groups is 1. The molecule has 1 heterocycles. The molecule has 0 aliphatic heterocycles. The number of carboxylic acid groups (broad SMARTS) is 1. The maximum atomic E-state index is 10.4. The molecule has 13 heavy (non-hydrogen) atoms. The fraction of sp³-hybridized carbons (Fsp3) is 0.375. The van der Waals surface area contributed by atoms with Crippen LogP contribution in [0.4, 0.5) is 0 Å². The zero-order valence-electron chi connectivity index (χ0n) is 6.88. The summed E-state index contributed by atoms with van der Waals surface area (Å²) in [6.07, 6.45) is -0.733. The van der Waals surface area contributed by atoms with Gasteiger partial charge in [-0.25, -0.2) is 0 Å². The summed E-state index contributed by atoms with van der Waals surface area (Å²) in [5.41, 5.74) is 5.99. The minimum absolute atomic E-state index is 0.0477. The molecule has 0 aliphatic carbocycles. The summed E-state index contributed by atoms with van der Waals surface area (Å²) in [5.74, 6) is -1.09. The number of aliphatic hydroxyl groups excluding tert-OH is 1. The van der Waals surface area contributed by atoms with Gasteiger partial charge in [-0.05, 0) is 22.4 Å². The number of aliphatic hydroxyl groups is 1. The van der Waals surface area contributed by atoms with Crippen molar-refractivity contribution < 1.29 is 15.0 Å². The number of hydrogen-bond acceptors (Lipinski definition) is 4. The molecule has 0 unspecified atom stereocenters. The van der Waals surface area contributed by atoms with Gasteiger partial charge in [0, 0.05) is 6.42 Å². The standard InChI is InChI=1S/C8H11NO3S/c9-6(8(11)12)3-7(10)5-1-2-13-4-5/h1-2,4,6-7,10H,3,9H2,(H,11,12)/t6-,7-/m0/s1. The first-order valence-electron chi connectivity index (χ1n) is 3.80. The second kappa shape index (κ2) is 4.36. The average molecular weight is 201 g/mol. The number of aliphatic carboxylic acids is 1. The zero-order valence-corrected chi connectivity index (χ0v) is 7.70. The van der Waals surface area contributed by atoms with Crippen molar-refractivity contribution in [3.8, 4) is 0 Å². The van der Waals surface area contributed by atoms with Crippen LogP contribution in [-0.2, 0) is 4.79 Å². The van der Waals surface area contributed by atoms with E-state index in [4.69, 9.17) is 10.8 Å². The largest absolute Gasteiger partial charge is 0.480 e. The lowest BCUT2D eigenvalue weighted by molar-refractivity contribution is -0.139. The van der Waals surface area contributed by atoms with Crippen molar-refractivity contribution in [3.05, 3.63) is 22.4 Å². The van der Waals surface area contributed by atoms with Crippen LogP contribution in [0.15, 0.2) is 16.8 Å². The van der Waals surface area contributed by atoms with Crippen LogP contribution in [0.1, 0.15) is 18.1 Å². The maximum absolute atomic E-state index is 10.4. The molecule has 5 heteroatoms. The molecule has 0 aliphatic rings. The Morgan fingerprint density at radius 1 is 1.69 bits per heavy atom. The molecular formula is C8H11NO3S. The van der Waals surface area contributed by atoms with Gasteiger partial charge in [0.15, 0.2) is 0 Å². The summed E-state index contributed by atoms with van der Waals surface area (Å²) in [7, 11) is 0. The van der Waals surface area contributed by atoms with E-state index < -0.39 is 18.1 Å². The minimum atomic E-state index is -1.09. The smallest absolute Gasteiger partial charge is 0.320 e. The second-order valence-corrected chi connectivity index (χ2v) is 3.53. The highest BCUT2D eigenvalue weighted by molar-refractivity contribution is 7.07. The number of rotatable bonds is 4. The molecule has 0 aromatic carbocycles. The van der Waals surface area contributed by atoms with Gasteiger partial charge in [-0.1, -0.05) is 0 Å². The lowest BCUT2D eigenvalue weighted by Crippen LogP contribution is -2.31. The molecule has 0 saturated heterocycles. The SMILES string of the molecule is N[C@@H](C[C@H](O)c1ccsc1)C(=O)O. The van der Waals surface area contributed by atoms with Crippen LogP contribution in [0.3, 0.4) is 0 Å². The van der Waals surface area contributed by atoms with Gasteiger partial charge >= 0.3 is 5.97 Å². The van der Waals surface area contributed by atoms with Crippen molar-refractivity contribution in [1.82, 2.24) is 0 Å². The first kappa shape index (κ1) is 10.2. The Bertz CT molecular complexity index is 273. The third-order valence-corrected chi connectivity index (χ3v) is 2.42. The number of thiophene rings is 1. The Balaban J connectivity index is 2.51. The van der Waals surface area contributed by atoms with Crippen molar-refractivity contribution in [2.45, 2.75) is 18.6 Å². The van der Waals surface area contributed by atoms with Gasteiger partial charge in [-0.15, -0.1) is 0 Å². The summed E-state index contributed by atoms with van der Waals surface area (Å²) in [6.45, 7) is 0. The van der Waals surface area contributed by atoms with Gasteiger partial charge in [-0.3, -0.25) is 4.79 Å². The molecule has 0 spiro atoms. The van der Waals surface area contributed by atoms with Gasteiger partial charge in [0.05, 0.1) is 6.10 Å². The van der Waals surface area contributed by atoms with E-state index in [0.717, 1.165) is 5.56 Å². The first-order valence-corrected chi connectivity index (χ1v) is 4.74. The highest BCUT2D eigenvalue weighted by atomic mass is 32.1. The van der Waals surface area contributed by atoms with E-state index >= 15 is 0 Å². The van der Waals surface area contributed by atoms with E-state index in [0.29, 0.717) is 0 Å². The molecule has 2 atom stereocenters. The van der Waals surface area contributed by atoms with E-state index in [1.54, 1.807) is 11.4 Å². The molecule has 0 fully saturated rings. The summed E-state index contributed by atoms with van der Waals surface area (Å²) in [4.78, 5) is 10.4. The Morgan fingerprint density at radius 3 is 2.85 bits per heavy atom. The van der Waals surface area contributed by atoms with Crippen molar-refractivity contribution in [2.24, 2.45) is 5.73 Å². The summed E-state index contributed by atoms with van der Waals surface area (Å²) in [6, 6.07) is 0.749. The number of hydrogen-bond donors (Lipinski definition) is 3. The monoisotopic (exact) mass is 201 g/mol. The van der Waals surface area contributed by atoms with E-state index in [9.17, 15) is 9.90 Å². The topological polar surface area (TPSA) is 83.5 Å². The molecule has 1 rings (SSSR count). The quantitative estimate of drug-likeness (QED) is 0.665. The van der Waals surface area contributed by atoms with E-state index in [-0.39, 0.29) is 6.42 Å². The van der Waals surface area contributed by atoms with Crippen molar-refractivity contribution in [3.63, 3.8) is 0 Å². The number of nitrogens with two attached hydrogens (primary N) is 1. The predicted molar refractivity (Wildman–Crippen MR) is 49.5 cm³/mol. The van der Waals surface area contributed by atoms with Gasteiger partial charge in [0.2, 0.25) is 0 Å². The molecule has 4 N–H and O–H groups in total. The lowest BCUT2D eigenvalue weighted by Gasteiger charge is -2.11. The van der Waals surface area contributed by atoms with Gasteiger partial charge in [-0.2, -0.15) is 11.3 Å². The highest BCUT2D eigenvalue weighted by Gasteiger charge is 2.18. The summed E-state index contributed by atoms with van der Waals surface area (Å²) < 4.78 is 0. The van der Waals surface area contributed by atoms with Crippen LogP contribution in [0.5, 0.6) is 0 Å².